The van der Waals surface area contributed by atoms with E-state index in [0.717, 1.165) is 11.1 Å². The number of benzene rings is 1. The molecule has 94 valence electrons. The highest BCUT2D eigenvalue weighted by Crippen LogP contribution is 2.20. The summed E-state index contributed by atoms with van der Waals surface area (Å²) < 4.78 is 0. The van der Waals surface area contributed by atoms with Crippen molar-refractivity contribution >= 4 is 13.3 Å². The van der Waals surface area contributed by atoms with Crippen LogP contribution in [0.4, 0.5) is 0 Å². The molecule has 0 aliphatic rings. The van der Waals surface area contributed by atoms with E-state index in [9.17, 15) is 5.11 Å². The number of pyridine rings is 1. The Labute approximate surface area is 109 Å². The Morgan fingerprint density at radius 3 is 2.17 bits per heavy atom. The van der Waals surface area contributed by atoms with E-state index in [-0.39, 0.29) is 0 Å². The lowest BCUT2D eigenvalue weighted by Crippen LogP contribution is -2.37. The lowest BCUT2D eigenvalue weighted by molar-refractivity contribution is 0.220. The van der Waals surface area contributed by atoms with Gasteiger partial charge in [-0.2, -0.15) is 0 Å². The Morgan fingerprint density at radius 1 is 1.00 bits per heavy atom. The number of hydrogen-bond donors (Lipinski definition) is 1. The minimum Gasteiger partial charge on any atom is -0.384 e. The van der Waals surface area contributed by atoms with E-state index < -0.39 is 14.2 Å². The number of nitrogens with zero attached hydrogens (tertiary/aromatic N) is 1. The van der Waals surface area contributed by atoms with Gasteiger partial charge < -0.3 is 5.11 Å². The Morgan fingerprint density at radius 2 is 1.67 bits per heavy atom. The van der Waals surface area contributed by atoms with E-state index >= 15 is 0 Å². The Hall–Kier alpha value is -1.45. The fourth-order valence-electron chi connectivity index (χ4n) is 1.90. The lowest BCUT2D eigenvalue weighted by Gasteiger charge is -2.18. The van der Waals surface area contributed by atoms with Crippen molar-refractivity contribution in [2.24, 2.45) is 0 Å². The fourth-order valence-corrected chi connectivity index (χ4v) is 3.06. The van der Waals surface area contributed by atoms with Crippen molar-refractivity contribution in [1.82, 2.24) is 4.98 Å². The lowest BCUT2D eigenvalue weighted by atomic mass is 10.0. The van der Waals surface area contributed by atoms with Gasteiger partial charge in [0.15, 0.2) is 0 Å². The smallest absolute Gasteiger partial charge is 0.106 e. The molecule has 2 aromatic rings. The molecule has 2 rings (SSSR count). The molecule has 1 aromatic heterocycles. The van der Waals surface area contributed by atoms with Crippen LogP contribution in [0, 0.1) is 0 Å². The van der Waals surface area contributed by atoms with Crippen LogP contribution in [0.3, 0.4) is 0 Å². The van der Waals surface area contributed by atoms with Crippen LogP contribution in [-0.4, -0.2) is 18.2 Å². The quantitative estimate of drug-likeness (QED) is 0.858. The summed E-state index contributed by atoms with van der Waals surface area (Å²) in [6, 6.07) is 12.1. The molecule has 1 aromatic carbocycles. The van der Waals surface area contributed by atoms with Gasteiger partial charge in [-0.15, -0.1) is 0 Å². The maximum absolute atomic E-state index is 10.3. The number of rotatable bonds is 3. The molecule has 0 bridgehead atoms. The molecule has 1 atom stereocenters. The Kier molecular flexibility index (Phi) is 3.64. The van der Waals surface area contributed by atoms with Crippen molar-refractivity contribution in [3.63, 3.8) is 0 Å². The third-order valence-corrected chi connectivity index (χ3v) is 5.16. The summed E-state index contributed by atoms with van der Waals surface area (Å²) in [4.78, 5) is 4.03. The SMILES string of the molecule is C[Si](C)(C)c1ccc(C(O)c2cccnc2)cc1. The summed E-state index contributed by atoms with van der Waals surface area (Å²) in [6.45, 7) is 6.96. The van der Waals surface area contributed by atoms with E-state index in [0.29, 0.717) is 0 Å². The van der Waals surface area contributed by atoms with Crippen LogP contribution >= 0.6 is 0 Å². The number of aliphatic hydroxyl groups excluding tert-OH is 1. The second-order valence-electron chi connectivity index (χ2n) is 5.56. The normalized spacial score (nSPS) is 13.3. The Balaban J connectivity index is 2.25. The molecule has 0 aliphatic heterocycles. The number of aromatic nitrogens is 1. The third-order valence-electron chi connectivity index (χ3n) is 3.09. The minimum absolute atomic E-state index is 0.589. The second-order valence-corrected chi connectivity index (χ2v) is 10.6. The molecule has 0 radical (unpaired) electrons. The van der Waals surface area contributed by atoms with Gasteiger partial charge in [0.1, 0.15) is 6.10 Å². The van der Waals surface area contributed by atoms with Gasteiger partial charge in [0.05, 0.1) is 8.07 Å². The van der Waals surface area contributed by atoms with Gasteiger partial charge in [-0.1, -0.05) is 55.2 Å². The van der Waals surface area contributed by atoms with Crippen molar-refractivity contribution in [2.45, 2.75) is 25.7 Å². The average molecular weight is 257 g/mol. The molecule has 0 aliphatic carbocycles. The monoisotopic (exact) mass is 257 g/mol. The van der Waals surface area contributed by atoms with Gasteiger partial charge >= 0.3 is 0 Å². The predicted molar refractivity (Wildman–Crippen MR) is 77.7 cm³/mol. The summed E-state index contributed by atoms with van der Waals surface area (Å²) in [6.07, 6.45) is 2.83. The van der Waals surface area contributed by atoms with Gasteiger partial charge in [0.2, 0.25) is 0 Å². The van der Waals surface area contributed by atoms with Gasteiger partial charge in [0, 0.05) is 18.0 Å². The van der Waals surface area contributed by atoms with Crippen molar-refractivity contribution in [2.75, 3.05) is 0 Å². The predicted octanol–water partition coefficient (Wildman–Crippen LogP) is 2.71. The van der Waals surface area contributed by atoms with Gasteiger partial charge in [-0.25, -0.2) is 0 Å². The minimum atomic E-state index is -1.26. The molecule has 3 heteroatoms. The molecule has 2 nitrogen and oxygen atoms in total. The first kappa shape index (κ1) is 13.0. The summed E-state index contributed by atoms with van der Waals surface area (Å²) in [5, 5.41) is 11.7. The van der Waals surface area contributed by atoms with Crippen LogP contribution in [0.5, 0.6) is 0 Å². The highest BCUT2D eigenvalue weighted by Gasteiger charge is 2.17. The van der Waals surface area contributed by atoms with Crippen LogP contribution in [0.25, 0.3) is 0 Å². The molecule has 0 saturated heterocycles. The zero-order valence-electron chi connectivity index (χ0n) is 11.1. The first-order valence-electron chi connectivity index (χ1n) is 6.17. The summed E-state index contributed by atoms with van der Waals surface area (Å²) in [5.74, 6) is 0. The van der Waals surface area contributed by atoms with Crippen LogP contribution in [0.15, 0.2) is 48.8 Å². The standard InChI is InChI=1S/C15H19NOSi/c1-18(2,3)14-8-6-12(7-9-14)15(17)13-5-4-10-16-11-13/h4-11,15,17H,1-3H3. The largest absolute Gasteiger partial charge is 0.384 e. The molecule has 1 N–H and O–H groups in total. The first-order chi connectivity index (χ1) is 8.48. The van der Waals surface area contributed by atoms with E-state index in [1.165, 1.54) is 5.19 Å². The van der Waals surface area contributed by atoms with E-state index in [1.54, 1.807) is 12.4 Å². The molecule has 0 spiro atoms. The maximum Gasteiger partial charge on any atom is 0.106 e. The van der Waals surface area contributed by atoms with Crippen molar-refractivity contribution in [1.29, 1.82) is 0 Å². The summed E-state index contributed by atoms with van der Waals surface area (Å²) >= 11 is 0. The Bertz CT molecular complexity index is 502. The van der Waals surface area contributed by atoms with E-state index in [2.05, 4.69) is 36.8 Å². The van der Waals surface area contributed by atoms with Gasteiger partial charge in [-0.05, 0) is 11.6 Å². The number of aliphatic hydroxyl groups is 1. The maximum atomic E-state index is 10.3. The zero-order chi connectivity index (χ0) is 13.2. The summed E-state index contributed by atoms with van der Waals surface area (Å²) in [7, 11) is -1.26. The molecule has 1 heterocycles. The second kappa shape index (κ2) is 5.04. The van der Waals surface area contributed by atoms with Crippen molar-refractivity contribution < 1.29 is 5.11 Å². The molecule has 0 saturated carbocycles. The van der Waals surface area contributed by atoms with E-state index in [1.807, 2.05) is 24.3 Å². The molecule has 0 amide bonds. The highest BCUT2D eigenvalue weighted by atomic mass is 28.3. The molecule has 0 fully saturated rings. The molecular weight excluding hydrogens is 238 g/mol. The topological polar surface area (TPSA) is 33.1 Å². The molecule has 18 heavy (non-hydrogen) atoms. The molecule has 1 unspecified atom stereocenters. The van der Waals surface area contributed by atoms with Crippen LogP contribution in [-0.2, 0) is 0 Å². The summed E-state index contributed by atoms with van der Waals surface area (Å²) in [5.41, 5.74) is 1.75. The average Bonchev–Trinajstić information content (AvgIpc) is 2.38. The van der Waals surface area contributed by atoms with Crippen molar-refractivity contribution in [3.05, 3.63) is 59.9 Å². The van der Waals surface area contributed by atoms with Gasteiger partial charge in [0.25, 0.3) is 0 Å². The first-order valence-corrected chi connectivity index (χ1v) is 9.67. The van der Waals surface area contributed by atoms with Crippen LogP contribution < -0.4 is 5.19 Å². The third kappa shape index (κ3) is 2.86. The van der Waals surface area contributed by atoms with Crippen molar-refractivity contribution in [3.8, 4) is 0 Å². The van der Waals surface area contributed by atoms with E-state index in [4.69, 9.17) is 0 Å². The number of hydrogen-bond acceptors (Lipinski definition) is 2. The molecular formula is C15H19NOSi. The zero-order valence-corrected chi connectivity index (χ0v) is 12.1. The van der Waals surface area contributed by atoms with Crippen LogP contribution in [0.1, 0.15) is 17.2 Å². The highest BCUT2D eigenvalue weighted by molar-refractivity contribution is 6.88. The van der Waals surface area contributed by atoms with Crippen LogP contribution in [0.2, 0.25) is 19.6 Å². The fraction of sp³-hybridized carbons (Fsp3) is 0.267. The van der Waals surface area contributed by atoms with Gasteiger partial charge in [-0.3, -0.25) is 4.98 Å².